The molecule has 6 rings (SSSR count). The van der Waals surface area contributed by atoms with Crippen LogP contribution in [0.1, 0.15) is 55.7 Å². The van der Waals surface area contributed by atoms with Gasteiger partial charge in [0.05, 0.1) is 5.41 Å². The molecular weight excluding hydrogens is 436 g/mol. The molecule has 0 bridgehead atoms. The van der Waals surface area contributed by atoms with Crippen LogP contribution in [0.3, 0.4) is 0 Å². The van der Waals surface area contributed by atoms with E-state index in [9.17, 15) is 0 Å². The minimum Gasteiger partial charge on any atom is -0.347 e. The smallest absolute Gasteiger partial charge is 0.209 e. The molecule has 1 unspecified atom stereocenters. The predicted molar refractivity (Wildman–Crippen MR) is 152 cm³/mol. The molecule has 0 radical (unpaired) electrons. The highest BCUT2D eigenvalue weighted by Crippen LogP contribution is 2.50. The molecule has 3 aromatic carbocycles. The molecule has 2 heterocycles. The second kappa shape index (κ2) is 8.92. The Bertz CT molecular complexity index is 1370. The summed E-state index contributed by atoms with van der Waals surface area (Å²) >= 11 is 0. The topological polar surface area (TPSA) is 6.25 Å². The van der Waals surface area contributed by atoms with Gasteiger partial charge in [-0.05, 0) is 49.5 Å². The molecule has 1 fully saturated rings. The van der Waals surface area contributed by atoms with Crippen LogP contribution in [0.4, 0.5) is 11.4 Å². The molecule has 1 atom stereocenters. The molecule has 1 spiro atoms. The molecule has 1 saturated carbocycles. The molecule has 0 saturated heterocycles. The van der Waals surface area contributed by atoms with Crippen molar-refractivity contribution >= 4 is 17.1 Å². The monoisotopic (exact) mass is 473 g/mol. The van der Waals surface area contributed by atoms with Gasteiger partial charge >= 0.3 is 0 Å². The van der Waals surface area contributed by atoms with E-state index in [1.165, 1.54) is 71.6 Å². The van der Waals surface area contributed by atoms with Crippen LogP contribution in [0, 0.1) is 0 Å². The van der Waals surface area contributed by atoms with Crippen LogP contribution >= 0.6 is 0 Å². The van der Waals surface area contributed by atoms with E-state index in [4.69, 9.17) is 0 Å². The van der Waals surface area contributed by atoms with Crippen molar-refractivity contribution in [3.05, 3.63) is 119 Å². The Morgan fingerprint density at radius 3 is 2.28 bits per heavy atom. The predicted octanol–water partition coefficient (Wildman–Crippen LogP) is 7.71. The van der Waals surface area contributed by atoms with E-state index < -0.39 is 0 Å². The summed E-state index contributed by atoms with van der Waals surface area (Å²) in [5.41, 5.74) is 9.93. The number of para-hydroxylation sites is 2. The molecule has 0 N–H and O–H groups in total. The molecule has 3 aromatic rings. The van der Waals surface area contributed by atoms with Gasteiger partial charge in [-0.1, -0.05) is 92.1 Å². The number of likely N-dealkylation sites (N-methyl/N-ethyl adjacent to an activating group) is 1. The number of rotatable bonds is 4. The lowest BCUT2D eigenvalue weighted by Gasteiger charge is -2.31. The Labute approximate surface area is 216 Å². The molecule has 2 aliphatic heterocycles. The van der Waals surface area contributed by atoms with Gasteiger partial charge in [-0.15, -0.1) is 0 Å². The van der Waals surface area contributed by atoms with Crippen molar-refractivity contribution in [2.45, 2.75) is 56.3 Å². The van der Waals surface area contributed by atoms with Gasteiger partial charge < -0.3 is 4.90 Å². The molecule has 2 nitrogen and oxygen atoms in total. The van der Waals surface area contributed by atoms with Crippen molar-refractivity contribution in [2.24, 2.45) is 0 Å². The Morgan fingerprint density at radius 1 is 0.833 bits per heavy atom. The third-order valence-electron chi connectivity index (χ3n) is 9.03. The van der Waals surface area contributed by atoms with Gasteiger partial charge in [0.2, 0.25) is 5.69 Å². The molecule has 182 valence electrons. The maximum Gasteiger partial charge on any atom is 0.209 e. The Kier molecular flexibility index (Phi) is 5.71. The van der Waals surface area contributed by atoms with E-state index in [1.54, 1.807) is 0 Å². The first-order valence-corrected chi connectivity index (χ1v) is 13.5. The normalized spacial score (nSPS) is 23.6. The van der Waals surface area contributed by atoms with Crippen molar-refractivity contribution < 1.29 is 4.58 Å². The number of nitrogens with zero attached hydrogens (tertiary/aromatic N) is 2. The van der Waals surface area contributed by atoms with Gasteiger partial charge in [-0.2, -0.15) is 4.58 Å². The fraction of sp³-hybridized carbons (Fsp3) is 0.324. The van der Waals surface area contributed by atoms with E-state index in [2.05, 4.69) is 128 Å². The number of hydrogen-bond acceptors (Lipinski definition) is 1. The summed E-state index contributed by atoms with van der Waals surface area (Å²) in [7, 11) is 4.48. The zero-order valence-electron chi connectivity index (χ0n) is 21.9. The highest BCUT2D eigenvalue weighted by atomic mass is 15.2. The number of allylic oxidation sites excluding steroid dienone is 4. The summed E-state index contributed by atoms with van der Waals surface area (Å²) in [6.45, 7) is 2.41. The van der Waals surface area contributed by atoms with E-state index in [0.717, 1.165) is 6.42 Å². The summed E-state index contributed by atoms with van der Waals surface area (Å²) < 4.78 is 2.45. The van der Waals surface area contributed by atoms with Gasteiger partial charge in [-0.3, -0.25) is 0 Å². The molecule has 3 aliphatic rings. The fourth-order valence-corrected chi connectivity index (χ4v) is 7.30. The average Bonchev–Trinajstić information content (AvgIpc) is 3.26. The largest absolute Gasteiger partial charge is 0.347 e. The third-order valence-corrected chi connectivity index (χ3v) is 9.03. The maximum absolute atomic E-state index is 2.45. The minimum atomic E-state index is -0.0746. The van der Waals surface area contributed by atoms with Crippen LogP contribution in [0.15, 0.2) is 103 Å². The van der Waals surface area contributed by atoms with Crippen LogP contribution in [0.2, 0.25) is 0 Å². The number of fused-ring (bicyclic) bond motifs is 3. The van der Waals surface area contributed by atoms with E-state index in [1.807, 2.05) is 0 Å². The molecular formula is C34H37N2+. The molecule has 0 amide bonds. The Morgan fingerprint density at radius 2 is 1.50 bits per heavy atom. The van der Waals surface area contributed by atoms with Crippen molar-refractivity contribution in [1.82, 2.24) is 0 Å². The molecule has 0 aromatic heterocycles. The summed E-state index contributed by atoms with van der Waals surface area (Å²) in [5.74, 6) is 0. The summed E-state index contributed by atoms with van der Waals surface area (Å²) in [6.07, 6.45) is 14.6. The number of hydrogen-bond donors (Lipinski definition) is 0. The maximum atomic E-state index is 2.45. The van der Waals surface area contributed by atoms with Crippen LogP contribution in [0.5, 0.6) is 0 Å². The van der Waals surface area contributed by atoms with Gasteiger partial charge in [0.15, 0.2) is 5.71 Å². The van der Waals surface area contributed by atoms with Crippen molar-refractivity contribution in [3.8, 4) is 0 Å². The Hall–Kier alpha value is -3.39. The van der Waals surface area contributed by atoms with Crippen molar-refractivity contribution in [3.63, 3.8) is 0 Å². The second-order valence-electron chi connectivity index (χ2n) is 11.1. The van der Waals surface area contributed by atoms with E-state index >= 15 is 0 Å². The third kappa shape index (κ3) is 3.50. The van der Waals surface area contributed by atoms with Crippen LogP contribution < -0.4 is 4.90 Å². The fourth-order valence-electron chi connectivity index (χ4n) is 7.30. The van der Waals surface area contributed by atoms with Gasteiger partial charge in [0.1, 0.15) is 7.05 Å². The first kappa shape index (κ1) is 23.0. The van der Waals surface area contributed by atoms with E-state index in [-0.39, 0.29) is 10.8 Å². The lowest BCUT2D eigenvalue weighted by Crippen LogP contribution is -2.36. The summed E-state index contributed by atoms with van der Waals surface area (Å²) in [4.78, 5) is 2.40. The lowest BCUT2D eigenvalue weighted by atomic mass is 9.67. The molecule has 1 aliphatic carbocycles. The minimum absolute atomic E-state index is 0.0746. The zero-order valence-corrected chi connectivity index (χ0v) is 21.9. The second-order valence-corrected chi connectivity index (χ2v) is 11.1. The van der Waals surface area contributed by atoms with Gasteiger partial charge in [-0.25, -0.2) is 0 Å². The Balaban J connectivity index is 1.41. The van der Waals surface area contributed by atoms with Gasteiger partial charge in [0.25, 0.3) is 0 Å². The summed E-state index contributed by atoms with van der Waals surface area (Å²) in [5, 5.41) is 0. The zero-order chi connectivity index (χ0) is 24.8. The van der Waals surface area contributed by atoms with Crippen molar-refractivity contribution in [1.29, 1.82) is 0 Å². The average molecular weight is 474 g/mol. The van der Waals surface area contributed by atoms with Gasteiger partial charge in [0, 0.05) is 41.6 Å². The van der Waals surface area contributed by atoms with Crippen LogP contribution in [-0.4, -0.2) is 24.4 Å². The molecule has 36 heavy (non-hydrogen) atoms. The SMILES string of the molecule is CN1C(=CC=CC2=[N+](C)c3ccccc3C23CCCCC3)C(C)(Cc2ccccc2)c2ccccc21. The lowest BCUT2D eigenvalue weighted by molar-refractivity contribution is -0.401. The highest BCUT2D eigenvalue weighted by molar-refractivity contribution is 6.03. The molecule has 2 heteroatoms. The van der Waals surface area contributed by atoms with Crippen LogP contribution in [-0.2, 0) is 17.3 Å². The number of benzene rings is 3. The number of anilines is 1. The standard InChI is InChI=1S/C34H37N2/c1-33(25-26-15-6-4-7-16-26)27-17-8-10-19-29(27)35(2)31(33)21-14-22-32-34(23-12-5-13-24-34)28-18-9-11-20-30(28)36(32)3/h4,6-11,14-22H,5,12-13,23-25H2,1-3H3/q+1. The summed E-state index contributed by atoms with van der Waals surface area (Å²) in [6, 6.07) is 28.9. The van der Waals surface area contributed by atoms with Crippen LogP contribution in [0.25, 0.3) is 0 Å². The quantitative estimate of drug-likeness (QED) is 0.352. The highest BCUT2D eigenvalue weighted by Gasteiger charge is 2.50. The van der Waals surface area contributed by atoms with Crippen molar-refractivity contribution in [2.75, 3.05) is 19.0 Å². The first-order valence-electron chi connectivity index (χ1n) is 13.5. The van der Waals surface area contributed by atoms with E-state index in [0.29, 0.717) is 0 Å². The first-order chi connectivity index (χ1) is 17.5.